The molecule has 21 heavy (non-hydrogen) atoms. The molecular weight excluding hydrogens is 294 g/mol. The smallest absolute Gasteiger partial charge is 0.292 e. The lowest BCUT2D eigenvalue weighted by Crippen LogP contribution is -2.20. The Morgan fingerprint density at radius 3 is 2.76 bits per heavy atom. The van der Waals surface area contributed by atoms with E-state index in [0.717, 1.165) is 0 Å². The molecule has 0 aliphatic carbocycles. The quantitative estimate of drug-likeness (QED) is 0.672. The minimum absolute atomic E-state index is 0.0826. The molecule has 0 fully saturated rings. The Bertz CT molecular complexity index is 748. The van der Waals surface area contributed by atoms with Crippen LogP contribution in [0.3, 0.4) is 0 Å². The zero-order chi connectivity index (χ0) is 15.0. The number of nitro benzene ring substituents is 1. The minimum atomic E-state index is -0.709. The van der Waals surface area contributed by atoms with Gasteiger partial charge >= 0.3 is 0 Å². The number of rotatable bonds is 3. The topological polar surface area (TPSA) is 84.3 Å². The monoisotopic (exact) mass is 303 g/mol. The van der Waals surface area contributed by atoms with E-state index in [0.29, 0.717) is 16.3 Å². The van der Waals surface area contributed by atoms with Crippen molar-refractivity contribution in [3.05, 3.63) is 63.2 Å². The van der Waals surface area contributed by atoms with Gasteiger partial charge in [-0.3, -0.25) is 14.9 Å². The molecule has 6 nitrogen and oxygen atoms in total. The van der Waals surface area contributed by atoms with Gasteiger partial charge in [-0.15, -0.1) is 0 Å². The molecule has 0 aromatic heterocycles. The Labute approximate surface area is 124 Å². The fourth-order valence-electron chi connectivity index (χ4n) is 2.29. The van der Waals surface area contributed by atoms with Crippen LogP contribution in [0.15, 0.2) is 42.5 Å². The Hall–Kier alpha value is -2.60. The second-order valence-corrected chi connectivity index (χ2v) is 5.01. The molecule has 0 saturated carbocycles. The summed E-state index contributed by atoms with van der Waals surface area (Å²) < 4.78 is 0. The molecule has 0 saturated heterocycles. The van der Waals surface area contributed by atoms with Crippen molar-refractivity contribution < 1.29 is 9.72 Å². The van der Waals surface area contributed by atoms with Crippen molar-refractivity contribution in [2.45, 2.75) is 6.04 Å². The third kappa shape index (κ3) is 2.41. The molecule has 0 radical (unpaired) electrons. The first-order chi connectivity index (χ1) is 10.1. The lowest BCUT2D eigenvalue weighted by molar-refractivity contribution is -0.384. The van der Waals surface area contributed by atoms with Crippen molar-refractivity contribution in [2.24, 2.45) is 0 Å². The lowest BCUT2D eigenvalue weighted by atomic mass is 10.1. The fraction of sp³-hybridized carbons (Fsp3) is 0.0714. The number of nitrogens with one attached hydrogen (secondary N) is 2. The van der Waals surface area contributed by atoms with Gasteiger partial charge in [-0.1, -0.05) is 23.7 Å². The Morgan fingerprint density at radius 1 is 1.24 bits per heavy atom. The van der Waals surface area contributed by atoms with Gasteiger partial charge in [-0.25, -0.2) is 0 Å². The molecule has 2 aromatic rings. The molecule has 2 N–H and O–H groups in total. The third-order valence-corrected chi connectivity index (χ3v) is 3.48. The number of hydrogen-bond donors (Lipinski definition) is 2. The summed E-state index contributed by atoms with van der Waals surface area (Å²) >= 11 is 5.95. The van der Waals surface area contributed by atoms with Crippen LogP contribution in [0.1, 0.15) is 11.6 Å². The van der Waals surface area contributed by atoms with Crippen molar-refractivity contribution in [1.82, 2.24) is 0 Å². The summed E-state index contributed by atoms with van der Waals surface area (Å²) in [6.45, 7) is 0. The van der Waals surface area contributed by atoms with Crippen LogP contribution in [0, 0.1) is 10.1 Å². The highest BCUT2D eigenvalue weighted by atomic mass is 35.5. The summed E-state index contributed by atoms with van der Waals surface area (Å²) in [5.41, 5.74) is 1.53. The summed E-state index contributed by atoms with van der Waals surface area (Å²) in [4.78, 5) is 22.6. The van der Waals surface area contributed by atoms with E-state index >= 15 is 0 Å². The van der Waals surface area contributed by atoms with Gasteiger partial charge < -0.3 is 10.6 Å². The predicted octanol–water partition coefficient (Wildman–Crippen LogP) is 3.35. The first-order valence-electron chi connectivity index (χ1n) is 6.16. The summed E-state index contributed by atoms with van der Waals surface area (Å²) in [5.74, 6) is -0.273. The van der Waals surface area contributed by atoms with Gasteiger partial charge in [0.2, 0.25) is 0 Å². The molecule has 1 aliphatic rings. The van der Waals surface area contributed by atoms with E-state index in [-0.39, 0.29) is 17.3 Å². The number of para-hydroxylation sites is 2. The normalized spacial score (nSPS) is 16.2. The van der Waals surface area contributed by atoms with Gasteiger partial charge in [0.15, 0.2) is 0 Å². The Kier molecular flexibility index (Phi) is 3.23. The van der Waals surface area contributed by atoms with Gasteiger partial charge in [0.1, 0.15) is 11.7 Å². The average molecular weight is 304 g/mol. The maximum atomic E-state index is 12.0. The number of nitro groups is 1. The van der Waals surface area contributed by atoms with Gasteiger partial charge in [0.25, 0.3) is 11.6 Å². The van der Waals surface area contributed by atoms with E-state index in [4.69, 9.17) is 11.6 Å². The second kappa shape index (κ2) is 5.06. The summed E-state index contributed by atoms with van der Waals surface area (Å²) in [7, 11) is 0. The first-order valence-corrected chi connectivity index (χ1v) is 6.54. The van der Waals surface area contributed by atoms with Crippen LogP contribution in [-0.4, -0.2) is 10.8 Å². The Morgan fingerprint density at radius 2 is 2.00 bits per heavy atom. The molecule has 1 aliphatic heterocycles. The van der Waals surface area contributed by atoms with Gasteiger partial charge in [0, 0.05) is 22.3 Å². The minimum Gasteiger partial charge on any atom is -0.364 e. The largest absolute Gasteiger partial charge is 0.364 e. The number of carbonyl (C=O) groups is 1. The van der Waals surface area contributed by atoms with E-state index < -0.39 is 11.0 Å². The number of nitrogens with zero attached hydrogens (tertiary/aromatic N) is 1. The summed E-state index contributed by atoms with van der Waals surface area (Å²) in [6, 6.07) is 10.5. The van der Waals surface area contributed by atoms with E-state index in [1.165, 1.54) is 6.07 Å². The number of halogens is 1. The van der Waals surface area contributed by atoms with Crippen molar-refractivity contribution in [3.8, 4) is 0 Å². The number of amides is 1. The van der Waals surface area contributed by atoms with Crippen LogP contribution in [-0.2, 0) is 4.79 Å². The average Bonchev–Trinajstić information content (AvgIpc) is 2.75. The zero-order valence-electron chi connectivity index (χ0n) is 10.7. The van der Waals surface area contributed by atoms with E-state index in [9.17, 15) is 14.9 Å². The van der Waals surface area contributed by atoms with Gasteiger partial charge in [-0.2, -0.15) is 0 Å². The van der Waals surface area contributed by atoms with E-state index in [2.05, 4.69) is 10.6 Å². The SMILES string of the molecule is O=C1Nc2ccc(Cl)cc2C1Nc1ccccc1[N+](=O)[O-]. The van der Waals surface area contributed by atoms with Crippen molar-refractivity contribution in [3.63, 3.8) is 0 Å². The number of fused-ring (bicyclic) bond motifs is 1. The van der Waals surface area contributed by atoms with Crippen LogP contribution >= 0.6 is 11.6 Å². The maximum Gasteiger partial charge on any atom is 0.292 e. The van der Waals surface area contributed by atoms with E-state index in [1.54, 1.807) is 36.4 Å². The van der Waals surface area contributed by atoms with Crippen molar-refractivity contribution in [1.29, 1.82) is 0 Å². The second-order valence-electron chi connectivity index (χ2n) is 4.57. The predicted molar refractivity (Wildman–Crippen MR) is 79.5 cm³/mol. The Balaban J connectivity index is 1.98. The van der Waals surface area contributed by atoms with Gasteiger partial charge in [0.05, 0.1) is 4.92 Å². The molecule has 1 atom stereocenters. The number of hydrogen-bond acceptors (Lipinski definition) is 4. The molecule has 1 heterocycles. The fourth-order valence-corrected chi connectivity index (χ4v) is 2.47. The maximum absolute atomic E-state index is 12.0. The molecule has 1 unspecified atom stereocenters. The molecule has 0 spiro atoms. The highest BCUT2D eigenvalue weighted by molar-refractivity contribution is 6.31. The van der Waals surface area contributed by atoms with Crippen LogP contribution in [0.25, 0.3) is 0 Å². The highest BCUT2D eigenvalue weighted by Gasteiger charge is 2.32. The molecular formula is C14H10ClN3O3. The lowest BCUT2D eigenvalue weighted by Gasteiger charge is -2.13. The van der Waals surface area contributed by atoms with Crippen LogP contribution in [0.2, 0.25) is 5.02 Å². The number of benzene rings is 2. The number of carbonyl (C=O) groups excluding carboxylic acids is 1. The van der Waals surface area contributed by atoms with Crippen LogP contribution in [0.5, 0.6) is 0 Å². The zero-order valence-corrected chi connectivity index (χ0v) is 11.4. The third-order valence-electron chi connectivity index (χ3n) is 3.25. The molecule has 2 aromatic carbocycles. The summed E-state index contributed by atoms with van der Waals surface area (Å²) in [6.07, 6.45) is 0. The van der Waals surface area contributed by atoms with E-state index in [1.807, 2.05) is 0 Å². The van der Waals surface area contributed by atoms with Crippen LogP contribution in [0.4, 0.5) is 17.1 Å². The molecule has 0 bridgehead atoms. The highest BCUT2D eigenvalue weighted by Crippen LogP contribution is 2.36. The van der Waals surface area contributed by atoms with Crippen molar-refractivity contribution in [2.75, 3.05) is 10.6 Å². The van der Waals surface area contributed by atoms with Crippen molar-refractivity contribution >= 4 is 34.6 Å². The first kappa shape index (κ1) is 13.4. The molecule has 106 valence electrons. The molecule has 7 heteroatoms. The molecule has 3 rings (SSSR count). The van der Waals surface area contributed by atoms with Gasteiger partial charge in [-0.05, 0) is 24.3 Å². The molecule has 1 amide bonds. The standard InChI is InChI=1S/C14H10ClN3O3/c15-8-5-6-10-9(7-8)13(14(19)17-10)16-11-3-1-2-4-12(11)18(20)21/h1-7,13,16H,(H,17,19). The van der Waals surface area contributed by atoms with Crippen LogP contribution < -0.4 is 10.6 Å². The number of anilines is 2. The summed E-state index contributed by atoms with van der Waals surface area (Å²) in [5, 5.41) is 17.1.